The van der Waals surface area contributed by atoms with Gasteiger partial charge in [-0.25, -0.2) is 0 Å². The molecule has 0 fully saturated rings. The molecule has 1 atom stereocenters. The summed E-state index contributed by atoms with van der Waals surface area (Å²) in [6, 6.07) is 18.5. The van der Waals surface area contributed by atoms with Gasteiger partial charge in [-0.1, -0.05) is 56.3 Å². The number of phenolic OH excluding ortho intramolecular Hbond substituents is 1. The van der Waals surface area contributed by atoms with E-state index in [1.807, 2.05) is 68.4 Å². The Morgan fingerprint density at radius 3 is 2.41 bits per heavy atom. The van der Waals surface area contributed by atoms with Crippen molar-refractivity contribution < 1.29 is 14.6 Å². The molecule has 0 radical (unpaired) electrons. The number of rotatable bonds is 6. The van der Waals surface area contributed by atoms with Crippen molar-refractivity contribution in [1.29, 1.82) is 0 Å². The second-order valence-electron chi connectivity index (χ2n) is 7.09. The summed E-state index contributed by atoms with van der Waals surface area (Å²) in [7, 11) is 1.62. The lowest BCUT2D eigenvalue weighted by atomic mass is 9.92. The molecule has 0 spiro atoms. The van der Waals surface area contributed by atoms with Crippen LogP contribution in [0.2, 0.25) is 0 Å². The highest BCUT2D eigenvalue weighted by molar-refractivity contribution is 5.89. The van der Waals surface area contributed by atoms with E-state index in [1.165, 1.54) is 0 Å². The molecule has 0 bridgehead atoms. The lowest BCUT2D eigenvalue weighted by Gasteiger charge is -2.23. The summed E-state index contributed by atoms with van der Waals surface area (Å²) in [5, 5.41) is 15.7. The number of amides is 1. The normalized spacial score (nSPS) is 12.1. The number of fused-ring (bicyclic) bond motifs is 1. The molecule has 0 aliphatic carbocycles. The molecule has 1 amide bonds. The topological polar surface area (TPSA) is 58.6 Å². The van der Waals surface area contributed by atoms with Crippen LogP contribution < -0.4 is 10.1 Å². The van der Waals surface area contributed by atoms with Crippen molar-refractivity contribution >= 4 is 16.7 Å². The summed E-state index contributed by atoms with van der Waals surface area (Å²) < 4.78 is 5.25. The quantitative estimate of drug-likeness (QED) is 0.661. The maximum absolute atomic E-state index is 12.6. The molecular formula is C23H25NO3. The third-order valence-corrected chi connectivity index (χ3v) is 4.58. The molecule has 0 aromatic heterocycles. The Balaban J connectivity index is 2.11. The van der Waals surface area contributed by atoms with Gasteiger partial charge in [-0.05, 0) is 40.5 Å². The molecule has 4 heteroatoms. The zero-order valence-corrected chi connectivity index (χ0v) is 15.9. The highest BCUT2D eigenvalue weighted by Crippen LogP contribution is 2.36. The highest BCUT2D eigenvalue weighted by atomic mass is 16.5. The lowest BCUT2D eigenvalue weighted by Crippen LogP contribution is -2.30. The largest absolute Gasteiger partial charge is 0.508 e. The Hall–Kier alpha value is -3.01. The van der Waals surface area contributed by atoms with E-state index in [-0.39, 0.29) is 17.6 Å². The molecule has 0 aliphatic rings. The average Bonchev–Trinajstić information content (AvgIpc) is 2.66. The molecule has 140 valence electrons. The minimum atomic E-state index is -0.451. The van der Waals surface area contributed by atoms with Crippen molar-refractivity contribution in [1.82, 2.24) is 5.32 Å². The van der Waals surface area contributed by atoms with Gasteiger partial charge >= 0.3 is 0 Å². The Morgan fingerprint density at radius 1 is 1.04 bits per heavy atom. The van der Waals surface area contributed by atoms with E-state index in [2.05, 4.69) is 5.32 Å². The average molecular weight is 363 g/mol. The van der Waals surface area contributed by atoms with E-state index in [0.717, 1.165) is 22.1 Å². The minimum Gasteiger partial charge on any atom is -0.508 e. The Labute approximate surface area is 159 Å². The fourth-order valence-corrected chi connectivity index (χ4v) is 3.30. The second kappa shape index (κ2) is 8.12. The van der Waals surface area contributed by atoms with Gasteiger partial charge in [-0.2, -0.15) is 0 Å². The number of phenols is 1. The first-order valence-corrected chi connectivity index (χ1v) is 9.13. The summed E-state index contributed by atoms with van der Waals surface area (Å²) in [6.45, 7) is 4.02. The van der Waals surface area contributed by atoms with Crippen molar-refractivity contribution in [2.75, 3.05) is 7.11 Å². The van der Waals surface area contributed by atoms with Gasteiger partial charge in [0.1, 0.15) is 11.5 Å². The second-order valence-corrected chi connectivity index (χ2v) is 7.09. The van der Waals surface area contributed by atoms with Crippen LogP contribution in [0.25, 0.3) is 10.8 Å². The van der Waals surface area contributed by atoms with Crippen LogP contribution >= 0.6 is 0 Å². The highest BCUT2D eigenvalue weighted by Gasteiger charge is 2.23. The molecular weight excluding hydrogens is 338 g/mol. The number of hydrogen-bond donors (Lipinski definition) is 2. The predicted octanol–water partition coefficient (Wildman–Crippen LogP) is 4.81. The molecule has 3 aromatic rings. The number of benzene rings is 3. The number of nitrogens with one attached hydrogen (secondary N) is 1. The third kappa shape index (κ3) is 4.22. The van der Waals surface area contributed by atoms with E-state index < -0.39 is 6.04 Å². The van der Waals surface area contributed by atoms with Crippen LogP contribution in [0.5, 0.6) is 11.5 Å². The van der Waals surface area contributed by atoms with Crippen LogP contribution in [0.15, 0.2) is 60.7 Å². The molecule has 2 N–H and O–H groups in total. The van der Waals surface area contributed by atoms with Crippen LogP contribution in [-0.2, 0) is 4.79 Å². The molecule has 0 saturated carbocycles. The Kier molecular flexibility index (Phi) is 5.65. The van der Waals surface area contributed by atoms with Crippen molar-refractivity contribution in [3.05, 3.63) is 71.8 Å². The van der Waals surface area contributed by atoms with Crippen LogP contribution in [-0.4, -0.2) is 18.1 Å². The number of methoxy groups -OCH3 is 1. The smallest absolute Gasteiger partial charge is 0.221 e. The van der Waals surface area contributed by atoms with E-state index in [4.69, 9.17) is 4.74 Å². The summed E-state index contributed by atoms with van der Waals surface area (Å²) in [4.78, 5) is 12.6. The summed E-state index contributed by atoms with van der Waals surface area (Å²) in [6.07, 6.45) is 0.429. The van der Waals surface area contributed by atoms with Crippen molar-refractivity contribution in [2.24, 2.45) is 5.92 Å². The first-order valence-electron chi connectivity index (χ1n) is 9.13. The van der Waals surface area contributed by atoms with Gasteiger partial charge in [-0.3, -0.25) is 4.79 Å². The van der Waals surface area contributed by atoms with Crippen molar-refractivity contribution in [2.45, 2.75) is 26.3 Å². The molecule has 3 rings (SSSR count). The van der Waals surface area contributed by atoms with Gasteiger partial charge < -0.3 is 15.2 Å². The number of aromatic hydroxyl groups is 1. The maximum atomic E-state index is 12.6. The van der Waals surface area contributed by atoms with E-state index >= 15 is 0 Å². The fraction of sp³-hybridized carbons (Fsp3) is 0.261. The minimum absolute atomic E-state index is 0.0434. The number of hydrogen-bond acceptors (Lipinski definition) is 3. The van der Waals surface area contributed by atoms with Crippen LogP contribution in [0.1, 0.15) is 37.4 Å². The number of ether oxygens (including phenoxy) is 1. The maximum Gasteiger partial charge on any atom is 0.221 e. The zero-order chi connectivity index (χ0) is 19.4. The van der Waals surface area contributed by atoms with Crippen LogP contribution in [0.4, 0.5) is 0 Å². The van der Waals surface area contributed by atoms with Gasteiger partial charge in [-0.15, -0.1) is 0 Å². The molecule has 1 unspecified atom stereocenters. The summed E-state index contributed by atoms with van der Waals surface area (Å²) in [5.74, 6) is 1.12. The van der Waals surface area contributed by atoms with Crippen LogP contribution in [0, 0.1) is 5.92 Å². The third-order valence-electron chi connectivity index (χ3n) is 4.58. The van der Waals surface area contributed by atoms with Crippen molar-refractivity contribution in [3.63, 3.8) is 0 Å². The first-order chi connectivity index (χ1) is 13.0. The van der Waals surface area contributed by atoms with E-state index in [1.54, 1.807) is 13.2 Å². The number of carbonyl (C=O) groups excluding carboxylic acids is 1. The zero-order valence-electron chi connectivity index (χ0n) is 15.9. The molecule has 0 heterocycles. The molecule has 0 saturated heterocycles. The van der Waals surface area contributed by atoms with E-state index in [9.17, 15) is 9.90 Å². The Morgan fingerprint density at radius 2 is 1.74 bits per heavy atom. The molecule has 0 aliphatic heterocycles. The van der Waals surface area contributed by atoms with E-state index in [0.29, 0.717) is 12.0 Å². The van der Waals surface area contributed by atoms with Crippen molar-refractivity contribution in [3.8, 4) is 11.5 Å². The molecule has 27 heavy (non-hydrogen) atoms. The molecule has 3 aromatic carbocycles. The summed E-state index contributed by atoms with van der Waals surface area (Å²) >= 11 is 0. The van der Waals surface area contributed by atoms with Gasteiger partial charge in [0.15, 0.2) is 0 Å². The van der Waals surface area contributed by atoms with Gasteiger partial charge in [0.05, 0.1) is 13.2 Å². The summed E-state index contributed by atoms with van der Waals surface area (Å²) in [5.41, 5.74) is 1.59. The SMILES string of the molecule is COc1ccc(C(NC(=O)CC(C)C)c2c(O)ccc3ccccc23)cc1. The van der Waals surface area contributed by atoms with Gasteiger partial charge in [0.2, 0.25) is 5.91 Å². The molecule has 4 nitrogen and oxygen atoms in total. The van der Waals surface area contributed by atoms with Crippen LogP contribution in [0.3, 0.4) is 0 Å². The number of carbonyl (C=O) groups is 1. The lowest BCUT2D eigenvalue weighted by molar-refractivity contribution is -0.122. The van der Waals surface area contributed by atoms with Gasteiger partial charge in [0.25, 0.3) is 0 Å². The predicted molar refractivity (Wildman–Crippen MR) is 108 cm³/mol. The van der Waals surface area contributed by atoms with Gasteiger partial charge in [0, 0.05) is 12.0 Å². The first kappa shape index (κ1) is 18.8. The Bertz CT molecular complexity index is 932. The standard InChI is InChI=1S/C23H25NO3/c1-15(2)14-21(26)24-23(17-8-11-18(27-3)12-9-17)22-19-7-5-4-6-16(19)10-13-20(22)25/h4-13,15,23,25H,14H2,1-3H3,(H,24,26). The fourth-order valence-electron chi connectivity index (χ4n) is 3.30. The monoisotopic (exact) mass is 363 g/mol.